The Morgan fingerprint density at radius 2 is 1.84 bits per heavy atom. The Kier molecular flexibility index (Phi) is 5.68. The molecular weight excluding hydrogens is 312 g/mol. The molecule has 128 valence electrons. The zero-order valence-corrected chi connectivity index (χ0v) is 14.1. The smallest absolute Gasteiger partial charge is 0.303 e. The van der Waals surface area contributed by atoms with Gasteiger partial charge in [-0.3, -0.25) is 4.79 Å². The lowest BCUT2D eigenvalue weighted by Crippen LogP contribution is -2.15. The number of carbonyl (C=O) groups is 1. The number of hydrogen-bond donors (Lipinski definition) is 1. The fraction of sp³-hybridized carbons (Fsp3) is 0.227. The van der Waals surface area contributed by atoms with Gasteiger partial charge in [-0.25, -0.2) is 0 Å². The van der Waals surface area contributed by atoms with Crippen LogP contribution in [0.25, 0.3) is 5.57 Å². The Balaban J connectivity index is 1.60. The molecular formula is C22H22O3. The Labute approximate surface area is 148 Å². The van der Waals surface area contributed by atoms with Crippen LogP contribution >= 0.6 is 0 Å². The van der Waals surface area contributed by atoms with Crippen LogP contribution in [0, 0.1) is 5.92 Å². The van der Waals surface area contributed by atoms with Crippen molar-refractivity contribution in [2.45, 2.75) is 19.3 Å². The van der Waals surface area contributed by atoms with Crippen molar-refractivity contribution in [3.05, 3.63) is 84.0 Å². The first kappa shape index (κ1) is 17.0. The van der Waals surface area contributed by atoms with E-state index in [1.165, 1.54) is 11.1 Å². The molecule has 3 heteroatoms. The number of benzene rings is 2. The molecule has 0 aromatic heterocycles. The van der Waals surface area contributed by atoms with E-state index in [1.807, 2.05) is 30.3 Å². The van der Waals surface area contributed by atoms with E-state index in [1.54, 1.807) is 0 Å². The second-order valence-corrected chi connectivity index (χ2v) is 6.20. The van der Waals surface area contributed by atoms with Crippen LogP contribution in [-0.2, 0) is 11.2 Å². The number of hydrogen-bond acceptors (Lipinski definition) is 2. The maximum atomic E-state index is 10.6. The average Bonchev–Trinajstić information content (AvgIpc) is 2.66. The maximum absolute atomic E-state index is 10.6. The van der Waals surface area contributed by atoms with Crippen molar-refractivity contribution in [3.63, 3.8) is 0 Å². The van der Waals surface area contributed by atoms with Crippen molar-refractivity contribution in [1.29, 1.82) is 0 Å². The molecule has 1 N–H and O–H groups in total. The fourth-order valence-electron chi connectivity index (χ4n) is 3.00. The minimum Gasteiger partial charge on any atom is -0.493 e. The van der Waals surface area contributed by atoms with E-state index in [4.69, 9.17) is 9.84 Å². The van der Waals surface area contributed by atoms with Crippen LogP contribution in [0.2, 0.25) is 0 Å². The highest BCUT2D eigenvalue weighted by atomic mass is 16.5. The first-order valence-electron chi connectivity index (χ1n) is 8.58. The number of carboxylic acid groups (broad SMARTS) is 1. The predicted molar refractivity (Wildman–Crippen MR) is 99.6 cm³/mol. The van der Waals surface area contributed by atoms with Gasteiger partial charge in [-0.2, -0.15) is 0 Å². The predicted octanol–water partition coefficient (Wildman–Crippen LogP) is 4.74. The summed E-state index contributed by atoms with van der Waals surface area (Å²) in [7, 11) is 0. The van der Waals surface area contributed by atoms with E-state index in [0.29, 0.717) is 18.9 Å². The lowest BCUT2D eigenvalue weighted by molar-refractivity contribution is -0.136. The fourth-order valence-corrected chi connectivity index (χ4v) is 3.00. The molecule has 0 spiro atoms. The van der Waals surface area contributed by atoms with E-state index in [0.717, 1.165) is 17.7 Å². The third-order valence-corrected chi connectivity index (χ3v) is 4.38. The number of aliphatic carboxylic acids is 1. The molecule has 0 saturated carbocycles. The number of rotatable bonds is 7. The van der Waals surface area contributed by atoms with Crippen LogP contribution in [0.1, 0.15) is 24.0 Å². The number of carboxylic acids is 1. The van der Waals surface area contributed by atoms with Gasteiger partial charge in [-0.1, -0.05) is 60.7 Å². The Hall–Kier alpha value is -2.81. The van der Waals surface area contributed by atoms with Gasteiger partial charge in [0, 0.05) is 12.3 Å². The zero-order chi connectivity index (χ0) is 17.5. The maximum Gasteiger partial charge on any atom is 0.303 e. The minimum atomic E-state index is -0.772. The molecule has 1 aliphatic rings. The van der Waals surface area contributed by atoms with Crippen molar-refractivity contribution in [3.8, 4) is 5.75 Å². The lowest BCUT2D eigenvalue weighted by Gasteiger charge is -2.22. The van der Waals surface area contributed by atoms with E-state index in [-0.39, 0.29) is 6.42 Å². The molecule has 0 fully saturated rings. The van der Waals surface area contributed by atoms with Gasteiger partial charge >= 0.3 is 5.97 Å². The van der Waals surface area contributed by atoms with Crippen molar-refractivity contribution >= 4 is 11.5 Å². The SMILES string of the molecule is O=C(O)CCc1ccc(OCC2CC=CC=C2c2ccccc2)cc1. The Morgan fingerprint density at radius 3 is 2.56 bits per heavy atom. The minimum absolute atomic E-state index is 0.153. The standard InChI is InChI=1S/C22H22O3/c23-22(24)15-12-17-10-13-20(14-11-17)25-16-19-8-4-5-9-21(19)18-6-2-1-3-7-18/h1-7,9-11,13-14,19H,8,12,15-16H2,(H,23,24). The summed E-state index contributed by atoms with van der Waals surface area (Å²) in [5, 5.41) is 8.74. The molecule has 0 aliphatic heterocycles. The molecule has 1 atom stereocenters. The Bertz CT molecular complexity index is 758. The highest BCUT2D eigenvalue weighted by molar-refractivity contribution is 5.70. The molecule has 3 rings (SSSR count). The van der Waals surface area contributed by atoms with Gasteiger partial charge in [0.05, 0.1) is 6.61 Å². The summed E-state index contributed by atoms with van der Waals surface area (Å²) >= 11 is 0. The second-order valence-electron chi connectivity index (χ2n) is 6.20. The van der Waals surface area contributed by atoms with Crippen LogP contribution < -0.4 is 4.74 Å². The van der Waals surface area contributed by atoms with Gasteiger partial charge in [0.15, 0.2) is 0 Å². The van der Waals surface area contributed by atoms with Gasteiger partial charge in [0.25, 0.3) is 0 Å². The lowest BCUT2D eigenvalue weighted by atomic mass is 9.87. The third-order valence-electron chi connectivity index (χ3n) is 4.38. The van der Waals surface area contributed by atoms with Crippen LogP contribution in [0.15, 0.2) is 72.8 Å². The van der Waals surface area contributed by atoms with Gasteiger partial charge in [0.1, 0.15) is 5.75 Å². The van der Waals surface area contributed by atoms with Crippen molar-refractivity contribution in [2.24, 2.45) is 5.92 Å². The highest BCUT2D eigenvalue weighted by Crippen LogP contribution is 2.30. The number of ether oxygens (including phenoxy) is 1. The van der Waals surface area contributed by atoms with Gasteiger partial charge in [-0.15, -0.1) is 0 Å². The Morgan fingerprint density at radius 1 is 1.08 bits per heavy atom. The molecule has 0 bridgehead atoms. The molecule has 2 aromatic rings. The summed E-state index contributed by atoms with van der Waals surface area (Å²) in [6.07, 6.45) is 8.12. The summed E-state index contributed by atoms with van der Waals surface area (Å²) in [5.41, 5.74) is 3.56. The quantitative estimate of drug-likeness (QED) is 0.795. The molecule has 0 amide bonds. The number of allylic oxidation sites excluding steroid dienone is 3. The van der Waals surface area contributed by atoms with Gasteiger partial charge < -0.3 is 9.84 Å². The average molecular weight is 334 g/mol. The largest absolute Gasteiger partial charge is 0.493 e. The summed E-state index contributed by atoms with van der Waals surface area (Å²) in [6.45, 7) is 0.625. The van der Waals surface area contributed by atoms with E-state index in [9.17, 15) is 4.79 Å². The molecule has 1 unspecified atom stereocenters. The van der Waals surface area contributed by atoms with Crippen molar-refractivity contribution in [2.75, 3.05) is 6.61 Å². The monoisotopic (exact) mass is 334 g/mol. The molecule has 0 heterocycles. The molecule has 0 radical (unpaired) electrons. The summed E-state index contributed by atoms with van der Waals surface area (Å²) in [4.78, 5) is 10.6. The van der Waals surface area contributed by atoms with Crippen LogP contribution in [-0.4, -0.2) is 17.7 Å². The topological polar surface area (TPSA) is 46.5 Å². The highest BCUT2D eigenvalue weighted by Gasteiger charge is 2.17. The molecule has 2 aromatic carbocycles. The molecule has 25 heavy (non-hydrogen) atoms. The van der Waals surface area contributed by atoms with Gasteiger partial charge in [0.2, 0.25) is 0 Å². The molecule has 3 nitrogen and oxygen atoms in total. The first-order chi connectivity index (χ1) is 12.2. The van der Waals surface area contributed by atoms with Crippen molar-refractivity contribution in [1.82, 2.24) is 0 Å². The zero-order valence-electron chi connectivity index (χ0n) is 14.1. The second kappa shape index (κ2) is 8.34. The van der Waals surface area contributed by atoms with Crippen LogP contribution in [0.4, 0.5) is 0 Å². The number of aryl methyl sites for hydroxylation is 1. The van der Waals surface area contributed by atoms with E-state index in [2.05, 4.69) is 42.5 Å². The summed E-state index contributed by atoms with van der Waals surface area (Å²) < 4.78 is 5.99. The molecule has 0 saturated heterocycles. The van der Waals surface area contributed by atoms with Gasteiger partial charge in [-0.05, 0) is 41.7 Å². The summed E-state index contributed by atoms with van der Waals surface area (Å²) in [5.74, 6) is 0.381. The normalized spacial score (nSPS) is 16.3. The van der Waals surface area contributed by atoms with E-state index < -0.39 is 5.97 Å². The molecule has 1 aliphatic carbocycles. The first-order valence-corrected chi connectivity index (χ1v) is 8.58. The van der Waals surface area contributed by atoms with Crippen LogP contribution in [0.3, 0.4) is 0 Å². The summed E-state index contributed by atoms with van der Waals surface area (Å²) in [6, 6.07) is 18.1. The third kappa shape index (κ3) is 4.83. The van der Waals surface area contributed by atoms with E-state index >= 15 is 0 Å². The van der Waals surface area contributed by atoms with Crippen LogP contribution in [0.5, 0.6) is 5.75 Å². The van der Waals surface area contributed by atoms with Crippen molar-refractivity contribution < 1.29 is 14.6 Å².